The van der Waals surface area contributed by atoms with E-state index in [2.05, 4.69) is 26.0 Å². The molecule has 0 aliphatic heterocycles. The van der Waals surface area contributed by atoms with Gasteiger partial charge in [-0.05, 0) is 51.4 Å². The number of ether oxygens (including phenoxy) is 2. The highest BCUT2D eigenvalue weighted by Crippen LogP contribution is 2.38. The summed E-state index contributed by atoms with van der Waals surface area (Å²) >= 11 is 0. The van der Waals surface area contributed by atoms with Crippen LogP contribution in [0.25, 0.3) is 0 Å². The van der Waals surface area contributed by atoms with E-state index in [1.165, 1.54) is 31.8 Å². The van der Waals surface area contributed by atoms with Crippen molar-refractivity contribution in [1.82, 2.24) is 0 Å². The largest absolute Gasteiger partial charge is 0.756 e. The number of unbranched alkanes of at least 4 members (excludes halogenated alkanes) is 11. The minimum atomic E-state index is -4.71. The minimum Gasteiger partial charge on any atom is -0.756 e. The Bertz CT molecular complexity index is 1210. The van der Waals surface area contributed by atoms with Crippen molar-refractivity contribution in [2.24, 2.45) is 0 Å². The molecule has 5 atom stereocenters. The molecule has 0 spiro atoms. The van der Waals surface area contributed by atoms with Crippen molar-refractivity contribution in [3.05, 3.63) is 60.8 Å². The zero-order chi connectivity index (χ0) is 42.6. The van der Waals surface area contributed by atoms with E-state index < -0.39 is 57.4 Å². The molecule has 57 heavy (non-hydrogen) atoms. The Morgan fingerprint density at radius 2 is 1.23 bits per heavy atom. The molecule has 0 rings (SSSR count). The van der Waals surface area contributed by atoms with Crippen LogP contribution in [0.2, 0.25) is 0 Å². The number of carbonyl (C=O) groups is 2. The highest BCUT2D eigenvalue weighted by atomic mass is 31.2. The van der Waals surface area contributed by atoms with E-state index in [1.807, 2.05) is 21.1 Å². The molecule has 0 saturated carbocycles. The van der Waals surface area contributed by atoms with Crippen LogP contribution in [0, 0.1) is 0 Å². The molecule has 0 bridgehead atoms. The highest BCUT2D eigenvalue weighted by molar-refractivity contribution is 7.45. The molecule has 0 heterocycles. The molecule has 13 heteroatoms. The molecule has 330 valence electrons. The van der Waals surface area contributed by atoms with Gasteiger partial charge in [-0.3, -0.25) is 14.2 Å². The van der Waals surface area contributed by atoms with E-state index in [0.717, 1.165) is 64.2 Å². The van der Waals surface area contributed by atoms with Crippen LogP contribution in [0.1, 0.15) is 136 Å². The van der Waals surface area contributed by atoms with E-state index >= 15 is 0 Å². The molecule has 3 N–H and O–H groups in total. The van der Waals surface area contributed by atoms with Crippen molar-refractivity contribution < 1.29 is 57.4 Å². The summed E-state index contributed by atoms with van der Waals surface area (Å²) in [6.45, 7) is 3.67. The first-order valence-electron chi connectivity index (χ1n) is 21.3. The SMILES string of the molecule is CCCCCC/C=C\CCCCCCCC(=O)O[C@H](COC(=O)CCC[C@@H](O)[C@H](O)/C=C/C=C/C=C\C=C\[C@H](O)CCCCC)COP(=O)([O-])OCC[N+](C)(C)C. The molecule has 0 radical (unpaired) electrons. The van der Waals surface area contributed by atoms with Gasteiger partial charge in [-0.1, -0.05) is 132 Å². The topological polar surface area (TPSA) is 172 Å². The lowest BCUT2D eigenvalue weighted by atomic mass is 10.1. The molecule has 0 aromatic carbocycles. The van der Waals surface area contributed by atoms with Crippen LogP contribution in [-0.4, -0.2) is 104 Å². The minimum absolute atomic E-state index is 0.0799. The Kier molecular flexibility index (Phi) is 34.0. The van der Waals surface area contributed by atoms with Gasteiger partial charge in [-0.15, -0.1) is 0 Å². The van der Waals surface area contributed by atoms with Gasteiger partial charge in [-0.2, -0.15) is 0 Å². The molecule has 12 nitrogen and oxygen atoms in total. The third-order valence-corrected chi connectivity index (χ3v) is 9.84. The van der Waals surface area contributed by atoms with Crippen LogP contribution in [0.3, 0.4) is 0 Å². The fourth-order valence-electron chi connectivity index (χ4n) is 5.32. The normalized spacial score (nSPS) is 15.9. The number of hydrogen-bond donors (Lipinski definition) is 3. The first kappa shape index (κ1) is 54.6. The predicted molar refractivity (Wildman–Crippen MR) is 226 cm³/mol. The Morgan fingerprint density at radius 3 is 1.88 bits per heavy atom. The summed E-state index contributed by atoms with van der Waals surface area (Å²) in [5.74, 6) is -1.18. The number of phosphoric ester groups is 1. The summed E-state index contributed by atoms with van der Waals surface area (Å²) in [6, 6.07) is 0. The average Bonchev–Trinajstić information content (AvgIpc) is 3.15. The number of phosphoric acid groups is 1. The maximum Gasteiger partial charge on any atom is 0.306 e. The lowest BCUT2D eigenvalue weighted by molar-refractivity contribution is -0.870. The molecule has 0 saturated heterocycles. The number of hydrogen-bond acceptors (Lipinski definition) is 11. The van der Waals surface area contributed by atoms with Crippen molar-refractivity contribution in [2.45, 2.75) is 160 Å². The van der Waals surface area contributed by atoms with Crippen molar-refractivity contribution in [3.63, 3.8) is 0 Å². The maximum atomic E-state index is 12.6. The summed E-state index contributed by atoms with van der Waals surface area (Å²) in [5.41, 5.74) is 0. The van der Waals surface area contributed by atoms with E-state index in [9.17, 15) is 34.4 Å². The van der Waals surface area contributed by atoms with Crippen LogP contribution >= 0.6 is 7.82 Å². The summed E-state index contributed by atoms with van der Waals surface area (Å²) in [7, 11) is 0.962. The Hall–Kier alpha value is -2.41. The second-order valence-electron chi connectivity index (χ2n) is 15.6. The third kappa shape index (κ3) is 37.6. The van der Waals surface area contributed by atoms with Crippen molar-refractivity contribution in [3.8, 4) is 0 Å². The van der Waals surface area contributed by atoms with Gasteiger partial charge < -0.3 is 43.2 Å². The van der Waals surface area contributed by atoms with Gasteiger partial charge in [0.1, 0.15) is 19.8 Å². The number of esters is 2. The van der Waals surface area contributed by atoms with Gasteiger partial charge in [0.15, 0.2) is 6.10 Å². The highest BCUT2D eigenvalue weighted by Gasteiger charge is 2.22. The van der Waals surface area contributed by atoms with Gasteiger partial charge in [0, 0.05) is 12.8 Å². The number of carbonyl (C=O) groups excluding carboxylic acids is 2. The van der Waals surface area contributed by atoms with Crippen molar-refractivity contribution in [2.75, 3.05) is 47.5 Å². The number of quaternary nitrogens is 1. The molecule has 0 aliphatic rings. The Labute approximate surface area is 344 Å². The molecule has 0 fully saturated rings. The number of aliphatic hydroxyl groups is 3. The van der Waals surface area contributed by atoms with E-state index in [1.54, 1.807) is 42.5 Å². The summed E-state index contributed by atoms with van der Waals surface area (Å²) in [5, 5.41) is 30.5. The first-order valence-corrected chi connectivity index (χ1v) is 22.8. The van der Waals surface area contributed by atoms with Crippen LogP contribution in [0.5, 0.6) is 0 Å². The van der Waals surface area contributed by atoms with Gasteiger partial charge in [0.2, 0.25) is 0 Å². The van der Waals surface area contributed by atoms with Gasteiger partial charge >= 0.3 is 11.9 Å². The molecular formula is C44H78NO11P. The van der Waals surface area contributed by atoms with Crippen molar-refractivity contribution >= 4 is 19.8 Å². The standard InChI is InChI=1S/C44H78NO11P/c1-6-8-10-11-12-13-14-15-16-17-18-23-27-33-44(50)56-40(38-55-57(51,52)54-36-35-45(3,4)5)37-53-43(49)34-28-32-42(48)41(47)31-26-22-20-19-21-25-30-39(46)29-24-9-7-2/h13-14,19-22,25-26,30-31,39-42,46-48H,6-12,15-18,23-24,27-29,32-38H2,1-5H3/b14-13-,21-19-,22-20+,30-25+,31-26+/t39-,40-,41-,42-/m1/s1. The Balaban J connectivity index is 4.73. The fourth-order valence-corrected chi connectivity index (χ4v) is 6.05. The summed E-state index contributed by atoms with van der Waals surface area (Å²) in [6.07, 6.45) is 30.5. The molecular weight excluding hydrogens is 749 g/mol. The number of nitrogens with zero attached hydrogens (tertiary/aromatic N) is 1. The van der Waals surface area contributed by atoms with Gasteiger partial charge in [-0.25, -0.2) is 0 Å². The zero-order valence-corrected chi connectivity index (χ0v) is 36.7. The summed E-state index contributed by atoms with van der Waals surface area (Å²) in [4.78, 5) is 37.5. The van der Waals surface area contributed by atoms with E-state index in [0.29, 0.717) is 17.4 Å². The number of aliphatic hydroxyl groups excluding tert-OH is 3. The van der Waals surface area contributed by atoms with Crippen LogP contribution in [-0.2, 0) is 32.7 Å². The number of rotatable bonds is 37. The quantitative estimate of drug-likeness (QED) is 0.0139. The van der Waals surface area contributed by atoms with Crippen LogP contribution in [0.15, 0.2) is 60.8 Å². The predicted octanol–water partition coefficient (Wildman–Crippen LogP) is 7.96. The van der Waals surface area contributed by atoms with Crippen molar-refractivity contribution in [1.29, 1.82) is 0 Å². The lowest BCUT2D eigenvalue weighted by Crippen LogP contribution is -2.37. The molecule has 0 aromatic heterocycles. The molecule has 0 amide bonds. The third-order valence-electron chi connectivity index (χ3n) is 8.88. The lowest BCUT2D eigenvalue weighted by Gasteiger charge is -2.28. The second kappa shape index (κ2) is 35.5. The van der Waals surface area contributed by atoms with Gasteiger partial charge in [0.05, 0.1) is 46.1 Å². The maximum absolute atomic E-state index is 12.6. The van der Waals surface area contributed by atoms with Crippen LogP contribution < -0.4 is 4.89 Å². The zero-order valence-electron chi connectivity index (χ0n) is 35.8. The fraction of sp³-hybridized carbons (Fsp3) is 0.727. The average molecular weight is 828 g/mol. The molecule has 1 unspecified atom stereocenters. The second-order valence-corrected chi connectivity index (χ2v) is 17.0. The molecule has 0 aliphatic carbocycles. The number of likely N-dealkylation sites (N-methyl/N-ethyl adjacent to an activating group) is 1. The van der Waals surface area contributed by atoms with Crippen LogP contribution in [0.4, 0.5) is 0 Å². The summed E-state index contributed by atoms with van der Waals surface area (Å²) < 4.78 is 33.5. The Morgan fingerprint density at radius 1 is 0.667 bits per heavy atom. The number of allylic oxidation sites excluding steroid dienone is 8. The van der Waals surface area contributed by atoms with E-state index in [-0.39, 0.29) is 32.3 Å². The first-order chi connectivity index (χ1) is 27.2. The van der Waals surface area contributed by atoms with E-state index in [4.69, 9.17) is 18.5 Å². The monoisotopic (exact) mass is 828 g/mol. The van der Waals surface area contributed by atoms with Gasteiger partial charge in [0.25, 0.3) is 7.82 Å². The molecule has 0 aromatic rings. The smallest absolute Gasteiger partial charge is 0.306 e.